The third-order valence-corrected chi connectivity index (χ3v) is 3.34. The average Bonchev–Trinajstić information content (AvgIpc) is 2.34. The molecule has 0 bridgehead atoms. The molecule has 1 N–H and O–H groups in total. The van der Waals surface area contributed by atoms with Crippen molar-refractivity contribution in [2.45, 2.75) is 27.2 Å². The smallest absolute Gasteiger partial charge is 0.231 e. The van der Waals surface area contributed by atoms with E-state index in [0.717, 1.165) is 24.2 Å². The minimum Gasteiger partial charge on any atom is -0.319 e. The zero-order chi connectivity index (χ0) is 13.7. The van der Waals surface area contributed by atoms with E-state index in [2.05, 4.69) is 25.2 Å². The van der Waals surface area contributed by atoms with E-state index in [4.69, 9.17) is 0 Å². The van der Waals surface area contributed by atoms with Crippen LogP contribution in [0, 0.1) is 19.8 Å². The van der Waals surface area contributed by atoms with Gasteiger partial charge in [0, 0.05) is 19.3 Å². The summed E-state index contributed by atoms with van der Waals surface area (Å²) >= 11 is 0. The van der Waals surface area contributed by atoms with Crippen LogP contribution >= 0.6 is 0 Å². The summed E-state index contributed by atoms with van der Waals surface area (Å²) in [6, 6.07) is 6.18. The summed E-state index contributed by atoms with van der Waals surface area (Å²) in [7, 11) is 3.74. The molecule has 0 spiro atoms. The van der Waals surface area contributed by atoms with Gasteiger partial charge in [-0.05, 0) is 38.9 Å². The van der Waals surface area contributed by atoms with Gasteiger partial charge >= 0.3 is 0 Å². The van der Waals surface area contributed by atoms with Crippen molar-refractivity contribution in [3.05, 3.63) is 29.3 Å². The molecular formula is C15H24N2O. The Kier molecular flexibility index (Phi) is 5.35. The van der Waals surface area contributed by atoms with Crippen molar-refractivity contribution in [3.8, 4) is 0 Å². The van der Waals surface area contributed by atoms with Gasteiger partial charge in [-0.2, -0.15) is 0 Å². The number of benzene rings is 1. The molecule has 3 nitrogen and oxygen atoms in total. The highest BCUT2D eigenvalue weighted by atomic mass is 16.2. The van der Waals surface area contributed by atoms with E-state index in [1.54, 1.807) is 4.90 Å². The van der Waals surface area contributed by atoms with Crippen LogP contribution in [0.5, 0.6) is 0 Å². The Hall–Kier alpha value is -1.35. The number of rotatable bonds is 5. The van der Waals surface area contributed by atoms with Crippen LogP contribution in [-0.4, -0.2) is 26.5 Å². The number of hydrogen-bond acceptors (Lipinski definition) is 2. The molecule has 0 fully saturated rings. The van der Waals surface area contributed by atoms with Gasteiger partial charge in [0.05, 0.1) is 5.92 Å². The van der Waals surface area contributed by atoms with Crippen LogP contribution < -0.4 is 10.2 Å². The van der Waals surface area contributed by atoms with Gasteiger partial charge in [-0.1, -0.05) is 24.6 Å². The molecule has 0 saturated heterocycles. The summed E-state index contributed by atoms with van der Waals surface area (Å²) in [4.78, 5) is 14.2. The maximum atomic E-state index is 12.4. The van der Waals surface area contributed by atoms with Crippen LogP contribution in [0.25, 0.3) is 0 Å². The van der Waals surface area contributed by atoms with Crippen molar-refractivity contribution < 1.29 is 4.79 Å². The molecule has 0 aromatic heterocycles. The van der Waals surface area contributed by atoms with Crippen LogP contribution in [0.4, 0.5) is 5.69 Å². The van der Waals surface area contributed by atoms with Crippen LogP contribution in [0.3, 0.4) is 0 Å². The highest BCUT2D eigenvalue weighted by Gasteiger charge is 2.21. The second kappa shape index (κ2) is 6.55. The molecule has 0 heterocycles. The van der Waals surface area contributed by atoms with E-state index >= 15 is 0 Å². The Balaban J connectivity index is 2.91. The van der Waals surface area contributed by atoms with Crippen LogP contribution in [0.1, 0.15) is 24.5 Å². The van der Waals surface area contributed by atoms with E-state index in [1.807, 2.05) is 33.2 Å². The molecule has 100 valence electrons. The lowest BCUT2D eigenvalue weighted by molar-refractivity contribution is -0.122. The van der Waals surface area contributed by atoms with Gasteiger partial charge in [0.15, 0.2) is 0 Å². The highest BCUT2D eigenvalue weighted by molar-refractivity contribution is 5.95. The average molecular weight is 248 g/mol. The van der Waals surface area contributed by atoms with Gasteiger partial charge in [0.1, 0.15) is 0 Å². The zero-order valence-corrected chi connectivity index (χ0v) is 12.1. The summed E-state index contributed by atoms with van der Waals surface area (Å²) in [6.07, 6.45) is 0.856. The highest BCUT2D eigenvalue weighted by Crippen LogP contribution is 2.22. The maximum Gasteiger partial charge on any atom is 0.231 e. The Morgan fingerprint density at radius 3 is 2.56 bits per heavy atom. The maximum absolute atomic E-state index is 12.4. The first kappa shape index (κ1) is 14.7. The van der Waals surface area contributed by atoms with Gasteiger partial charge in [-0.25, -0.2) is 0 Å². The number of carbonyl (C=O) groups excluding carboxylic acids is 1. The molecular weight excluding hydrogens is 224 g/mol. The van der Waals surface area contributed by atoms with Crippen LogP contribution in [0.15, 0.2) is 18.2 Å². The molecule has 0 aliphatic carbocycles. The Morgan fingerprint density at radius 1 is 1.39 bits per heavy atom. The molecule has 0 aliphatic heterocycles. The standard InChI is InChI=1S/C15H24N2O/c1-6-13(10-16-4)15(18)17(5)14-8-7-11(2)9-12(14)3/h7-9,13,16H,6,10H2,1-5H3. The first-order chi connectivity index (χ1) is 8.51. The SMILES string of the molecule is CCC(CNC)C(=O)N(C)c1ccc(C)cc1C. The van der Waals surface area contributed by atoms with Gasteiger partial charge in [-0.3, -0.25) is 4.79 Å². The lowest BCUT2D eigenvalue weighted by Crippen LogP contribution is -2.37. The molecule has 1 aromatic carbocycles. The number of nitrogens with zero attached hydrogens (tertiary/aromatic N) is 1. The topological polar surface area (TPSA) is 32.3 Å². The molecule has 0 saturated carbocycles. The summed E-state index contributed by atoms with van der Waals surface area (Å²) < 4.78 is 0. The summed E-state index contributed by atoms with van der Waals surface area (Å²) in [6.45, 7) is 6.89. The molecule has 1 aromatic rings. The second-order valence-electron chi connectivity index (χ2n) is 4.85. The summed E-state index contributed by atoms with van der Waals surface area (Å²) in [5, 5.41) is 3.08. The lowest BCUT2D eigenvalue weighted by atomic mass is 10.0. The van der Waals surface area contributed by atoms with E-state index < -0.39 is 0 Å². The van der Waals surface area contributed by atoms with Crippen molar-refractivity contribution >= 4 is 11.6 Å². The second-order valence-corrected chi connectivity index (χ2v) is 4.85. The third-order valence-electron chi connectivity index (χ3n) is 3.34. The fraction of sp³-hybridized carbons (Fsp3) is 0.533. The van der Waals surface area contributed by atoms with E-state index in [-0.39, 0.29) is 11.8 Å². The molecule has 0 radical (unpaired) electrons. The fourth-order valence-corrected chi connectivity index (χ4v) is 2.23. The number of nitrogens with one attached hydrogen (secondary N) is 1. The molecule has 3 heteroatoms. The Morgan fingerprint density at radius 2 is 2.06 bits per heavy atom. The van der Waals surface area contributed by atoms with Crippen LogP contribution in [-0.2, 0) is 4.79 Å². The normalized spacial score (nSPS) is 12.3. The minimum atomic E-state index is 0.0423. The number of carbonyl (C=O) groups is 1. The molecule has 0 aliphatic rings. The third kappa shape index (κ3) is 3.33. The zero-order valence-electron chi connectivity index (χ0n) is 12.1. The van der Waals surface area contributed by atoms with Gasteiger partial charge < -0.3 is 10.2 Å². The Labute approximate surface area is 110 Å². The number of aryl methyl sites for hydroxylation is 2. The fourth-order valence-electron chi connectivity index (χ4n) is 2.23. The van der Waals surface area contributed by atoms with E-state index in [9.17, 15) is 4.79 Å². The minimum absolute atomic E-state index is 0.0423. The molecule has 1 amide bonds. The van der Waals surface area contributed by atoms with E-state index in [1.165, 1.54) is 5.56 Å². The predicted molar refractivity (Wildman–Crippen MR) is 77.0 cm³/mol. The predicted octanol–water partition coefficient (Wildman–Crippen LogP) is 2.51. The number of hydrogen-bond donors (Lipinski definition) is 1. The van der Waals surface area contributed by atoms with Gasteiger partial charge in [0.2, 0.25) is 5.91 Å². The van der Waals surface area contributed by atoms with Crippen molar-refractivity contribution in [3.63, 3.8) is 0 Å². The molecule has 1 atom stereocenters. The van der Waals surface area contributed by atoms with Gasteiger partial charge in [0.25, 0.3) is 0 Å². The molecule has 1 unspecified atom stereocenters. The van der Waals surface area contributed by atoms with Crippen LogP contribution in [0.2, 0.25) is 0 Å². The van der Waals surface area contributed by atoms with Crippen molar-refractivity contribution in [1.82, 2.24) is 5.32 Å². The Bertz CT molecular complexity index is 415. The van der Waals surface area contributed by atoms with E-state index in [0.29, 0.717) is 0 Å². The van der Waals surface area contributed by atoms with Crippen molar-refractivity contribution in [1.29, 1.82) is 0 Å². The molecule has 1 rings (SSSR count). The summed E-state index contributed by atoms with van der Waals surface area (Å²) in [5.74, 6) is 0.222. The number of anilines is 1. The van der Waals surface area contributed by atoms with Gasteiger partial charge in [-0.15, -0.1) is 0 Å². The summed E-state index contributed by atoms with van der Waals surface area (Å²) in [5.41, 5.74) is 3.37. The molecule has 18 heavy (non-hydrogen) atoms. The first-order valence-corrected chi connectivity index (χ1v) is 6.50. The monoisotopic (exact) mass is 248 g/mol. The van der Waals surface area contributed by atoms with Crippen molar-refractivity contribution in [2.75, 3.05) is 25.5 Å². The quantitative estimate of drug-likeness (QED) is 0.868. The lowest BCUT2D eigenvalue weighted by Gasteiger charge is -2.24. The number of amides is 1. The largest absolute Gasteiger partial charge is 0.319 e. The first-order valence-electron chi connectivity index (χ1n) is 6.50. The van der Waals surface area contributed by atoms with Crippen molar-refractivity contribution in [2.24, 2.45) is 5.92 Å².